The van der Waals surface area contributed by atoms with E-state index in [1.807, 2.05) is 43.5 Å². The van der Waals surface area contributed by atoms with E-state index in [0.717, 1.165) is 24.1 Å². The Hall–Kier alpha value is -3.20. The maximum atomic E-state index is 12.8. The summed E-state index contributed by atoms with van der Waals surface area (Å²) in [4.78, 5) is 49.2. The van der Waals surface area contributed by atoms with Gasteiger partial charge < -0.3 is 21.7 Å². The fourth-order valence-corrected chi connectivity index (χ4v) is 4.26. The molecule has 5 N–H and O–H groups in total. The number of thiophene rings is 1. The van der Waals surface area contributed by atoms with E-state index < -0.39 is 18.0 Å². The largest absolute Gasteiger partial charge is 0.368 e. The molecular formula is C25H32N4O4S. The van der Waals surface area contributed by atoms with Crippen LogP contribution in [0.4, 0.5) is 5.69 Å². The zero-order valence-corrected chi connectivity index (χ0v) is 20.3. The molecule has 34 heavy (non-hydrogen) atoms. The second kappa shape index (κ2) is 11.8. The first kappa shape index (κ1) is 25.4. The van der Waals surface area contributed by atoms with E-state index in [1.54, 1.807) is 11.4 Å². The molecule has 0 spiro atoms. The lowest BCUT2D eigenvalue weighted by Gasteiger charge is -2.23. The van der Waals surface area contributed by atoms with Gasteiger partial charge in [-0.3, -0.25) is 19.2 Å². The molecule has 1 aromatic heterocycles. The number of nitrogens with one attached hydrogen (secondary N) is 3. The fourth-order valence-electron chi connectivity index (χ4n) is 3.62. The second-order valence-electron chi connectivity index (χ2n) is 8.88. The highest BCUT2D eigenvalue weighted by Gasteiger charge is 2.29. The number of hydrogen-bond donors (Lipinski definition) is 4. The first-order valence-electron chi connectivity index (χ1n) is 11.6. The average Bonchev–Trinajstić information content (AvgIpc) is 3.51. The van der Waals surface area contributed by atoms with Gasteiger partial charge in [0, 0.05) is 35.0 Å². The Morgan fingerprint density at radius 3 is 2.35 bits per heavy atom. The topological polar surface area (TPSA) is 130 Å². The smallest absolute Gasteiger partial charge is 0.252 e. The molecule has 182 valence electrons. The lowest BCUT2D eigenvalue weighted by molar-refractivity contribution is -0.128. The predicted molar refractivity (Wildman–Crippen MR) is 132 cm³/mol. The molecule has 1 aromatic carbocycles. The van der Waals surface area contributed by atoms with Crippen LogP contribution in [0.15, 0.2) is 41.1 Å². The van der Waals surface area contributed by atoms with E-state index in [4.69, 9.17) is 5.73 Å². The Morgan fingerprint density at radius 1 is 1.09 bits per heavy atom. The molecule has 3 rings (SSSR count). The lowest BCUT2D eigenvalue weighted by atomic mass is 9.97. The molecule has 1 saturated carbocycles. The number of primary amides is 1. The monoisotopic (exact) mass is 484 g/mol. The molecule has 1 fully saturated rings. The number of carbonyl (C=O) groups excluding carboxylic acids is 4. The fraction of sp³-hybridized carbons (Fsp3) is 0.440. The van der Waals surface area contributed by atoms with Crippen molar-refractivity contribution in [1.82, 2.24) is 10.6 Å². The SMILES string of the molecule is CCC(C)[C@H](NC(=O)C[C@@H](Cc1ccc(NC(=O)C2CC2)cc1)NC(=O)c1ccsc1)C(N)=O. The number of hydrogen-bond acceptors (Lipinski definition) is 5. The second-order valence-corrected chi connectivity index (χ2v) is 9.66. The molecular weight excluding hydrogens is 452 g/mol. The van der Waals surface area contributed by atoms with Crippen LogP contribution in [-0.2, 0) is 20.8 Å². The predicted octanol–water partition coefficient (Wildman–Crippen LogP) is 2.84. The van der Waals surface area contributed by atoms with Crippen molar-refractivity contribution in [3.63, 3.8) is 0 Å². The Labute approximate surface area is 203 Å². The van der Waals surface area contributed by atoms with Crippen molar-refractivity contribution in [1.29, 1.82) is 0 Å². The van der Waals surface area contributed by atoms with Crippen molar-refractivity contribution in [3.8, 4) is 0 Å². The van der Waals surface area contributed by atoms with Crippen LogP contribution in [0, 0.1) is 11.8 Å². The zero-order valence-electron chi connectivity index (χ0n) is 19.5. The number of rotatable bonds is 12. The van der Waals surface area contributed by atoms with E-state index in [1.165, 1.54) is 11.3 Å². The van der Waals surface area contributed by atoms with E-state index in [0.29, 0.717) is 18.4 Å². The summed E-state index contributed by atoms with van der Waals surface area (Å²) in [5.74, 6) is -1.14. The van der Waals surface area contributed by atoms with Gasteiger partial charge in [-0.25, -0.2) is 0 Å². The summed E-state index contributed by atoms with van der Waals surface area (Å²) in [7, 11) is 0. The van der Waals surface area contributed by atoms with Crippen molar-refractivity contribution in [2.24, 2.45) is 17.6 Å². The summed E-state index contributed by atoms with van der Waals surface area (Å²) in [5.41, 5.74) is 7.63. The van der Waals surface area contributed by atoms with Crippen LogP contribution in [0.2, 0.25) is 0 Å². The minimum absolute atomic E-state index is 0.00371. The van der Waals surface area contributed by atoms with Gasteiger partial charge in [-0.15, -0.1) is 0 Å². The quantitative estimate of drug-likeness (QED) is 0.369. The minimum Gasteiger partial charge on any atom is -0.368 e. The van der Waals surface area contributed by atoms with Crippen molar-refractivity contribution in [3.05, 3.63) is 52.2 Å². The van der Waals surface area contributed by atoms with E-state index in [2.05, 4.69) is 16.0 Å². The number of nitrogens with two attached hydrogens (primary N) is 1. The Kier molecular flexibility index (Phi) is 8.81. The first-order chi connectivity index (χ1) is 16.3. The molecule has 2 aromatic rings. The van der Waals surface area contributed by atoms with Gasteiger partial charge in [0.2, 0.25) is 17.7 Å². The van der Waals surface area contributed by atoms with Crippen LogP contribution < -0.4 is 21.7 Å². The molecule has 1 unspecified atom stereocenters. The average molecular weight is 485 g/mol. The van der Waals surface area contributed by atoms with E-state index in [-0.39, 0.29) is 36.0 Å². The highest BCUT2D eigenvalue weighted by Crippen LogP contribution is 2.30. The highest BCUT2D eigenvalue weighted by molar-refractivity contribution is 7.08. The highest BCUT2D eigenvalue weighted by atomic mass is 32.1. The Bertz CT molecular complexity index is 1000. The van der Waals surface area contributed by atoms with Gasteiger partial charge in [0.15, 0.2) is 0 Å². The minimum atomic E-state index is -0.764. The molecule has 8 nitrogen and oxygen atoms in total. The van der Waals surface area contributed by atoms with Crippen LogP contribution in [0.3, 0.4) is 0 Å². The first-order valence-corrected chi connectivity index (χ1v) is 12.5. The van der Waals surface area contributed by atoms with Crippen LogP contribution >= 0.6 is 11.3 Å². The van der Waals surface area contributed by atoms with Crippen LogP contribution in [0.1, 0.15) is 55.5 Å². The van der Waals surface area contributed by atoms with Crippen LogP contribution in [0.5, 0.6) is 0 Å². The van der Waals surface area contributed by atoms with Crippen LogP contribution in [-0.4, -0.2) is 35.7 Å². The van der Waals surface area contributed by atoms with Crippen molar-refractivity contribution in [2.45, 2.75) is 58.0 Å². The summed E-state index contributed by atoms with van der Waals surface area (Å²) < 4.78 is 0. The van der Waals surface area contributed by atoms with Crippen molar-refractivity contribution < 1.29 is 19.2 Å². The standard InChI is InChI=1S/C25H32N4O4S/c1-3-15(2)22(23(26)31)29-21(30)13-20(28-25(33)18-10-11-34-14-18)12-16-4-8-19(9-5-16)27-24(32)17-6-7-17/h4-5,8-11,14-15,17,20,22H,3,6-7,12-13H2,1-2H3,(H2,26,31)(H,27,32)(H,28,33)(H,29,30)/t15?,20-,22+/m1/s1. The van der Waals surface area contributed by atoms with Gasteiger partial charge in [-0.1, -0.05) is 32.4 Å². The number of carbonyl (C=O) groups is 4. The summed E-state index contributed by atoms with van der Waals surface area (Å²) in [6, 6.07) is 7.84. The normalized spacial score (nSPS) is 15.6. The summed E-state index contributed by atoms with van der Waals surface area (Å²) in [5, 5.41) is 12.1. The number of amides is 4. The molecule has 1 heterocycles. The van der Waals surface area contributed by atoms with Crippen molar-refractivity contribution >= 4 is 40.7 Å². The molecule has 4 amide bonds. The molecule has 0 bridgehead atoms. The Balaban J connectivity index is 1.67. The van der Waals surface area contributed by atoms with Gasteiger partial charge in [0.05, 0.1) is 0 Å². The molecule has 0 aliphatic heterocycles. The number of anilines is 1. The van der Waals surface area contributed by atoms with Gasteiger partial charge in [-0.05, 0) is 54.3 Å². The molecule has 3 atom stereocenters. The molecule has 1 aliphatic rings. The maximum absolute atomic E-state index is 12.8. The maximum Gasteiger partial charge on any atom is 0.252 e. The van der Waals surface area contributed by atoms with Gasteiger partial charge in [0.1, 0.15) is 6.04 Å². The molecule has 9 heteroatoms. The van der Waals surface area contributed by atoms with Gasteiger partial charge >= 0.3 is 0 Å². The van der Waals surface area contributed by atoms with E-state index in [9.17, 15) is 19.2 Å². The van der Waals surface area contributed by atoms with Gasteiger partial charge in [0.25, 0.3) is 5.91 Å². The molecule has 1 aliphatic carbocycles. The third kappa shape index (κ3) is 7.41. The van der Waals surface area contributed by atoms with Crippen LogP contribution in [0.25, 0.3) is 0 Å². The third-order valence-electron chi connectivity index (χ3n) is 6.04. The summed E-state index contributed by atoms with van der Waals surface area (Å²) >= 11 is 1.42. The van der Waals surface area contributed by atoms with Gasteiger partial charge in [-0.2, -0.15) is 11.3 Å². The summed E-state index contributed by atoms with van der Waals surface area (Å²) in [6.45, 7) is 3.78. The Morgan fingerprint density at radius 2 is 1.79 bits per heavy atom. The third-order valence-corrected chi connectivity index (χ3v) is 6.72. The molecule has 0 radical (unpaired) electrons. The zero-order chi connectivity index (χ0) is 24.7. The van der Waals surface area contributed by atoms with Crippen molar-refractivity contribution in [2.75, 3.05) is 5.32 Å². The summed E-state index contributed by atoms with van der Waals surface area (Å²) in [6.07, 6.45) is 2.97. The number of benzene rings is 1. The van der Waals surface area contributed by atoms with E-state index >= 15 is 0 Å². The molecule has 0 saturated heterocycles. The lowest BCUT2D eigenvalue weighted by Crippen LogP contribution is -2.50.